The zero-order chi connectivity index (χ0) is 30.1. The molecule has 0 aliphatic rings. The van der Waals surface area contributed by atoms with Gasteiger partial charge in [-0.2, -0.15) is 0 Å². The van der Waals surface area contributed by atoms with Crippen molar-refractivity contribution in [1.29, 1.82) is 0 Å². The molecule has 3 heterocycles. The van der Waals surface area contributed by atoms with E-state index in [4.69, 9.17) is 0 Å². The second kappa shape index (κ2) is 25.1. The summed E-state index contributed by atoms with van der Waals surface area (Å²) in [5.74, 6) is 2.43. The maximum Gasteiger partial charge on any atom is 0.159 e. The molecule has 0 bridgehead atoms. The molecule has 7 heteroatoms. The van der Waals surface area contributed by atoms with E-state index in [1.54, 1.807) is 31.5 Å². The van der Waals surface area contributed by atoms with Crippen molar-refractivity contribution in [2.75, 3.05) is 0 Å². The van der Waals surface area contributed by atoms with Crippen LogP contribution in [0.5, 0.6) is 0 Å². The molecular formula is C31H50N6O. The summed E-state index contributed by atoms with van der Waals surface area (Å²) in [6.45, 7) is 27.0. The molecule has 38 heavy (non-hydrogen) atoms. The van der Waals surface area contributed by atoms with Crippen molar-refractivity contribution in [3.05, 3.63) is 83.2 Å². The molecule has 210 valence electrons. The molecule has 4 aromatic rings. The minimum absolute atomic E-state index is 0.0527. The first kappa shape index (κ1) is 38.9. The lowest BCUT2D eigenvalue weighted by molar-refractivity contribution is 0.101. The van der Waals surface area contributed by atoms with E-state index in [0.29, 0.717) is 5.56 Å². The monoisotopic (exact) mass is 522 g/mol. The maximum atomic E-state index is 11.2. The van der Waals surface area contributed by atoms with Crippen molar-refractivity contribution in [2.45, 2.75) is 96.9 Å². The van der Waals surface area contributed by atoms with Crippen molar-refractivity contribution >= 4 is 16.8 Å². The van der Waals surface area contributed by atoms with E-state index < -0.39 is 0 Å². The Hall–Kier alpha value is -3.61. The van der Waals surface area contributed by atoms with Crippen LogP contribution < -0.4 is 0 Å². The third kappa shape index (κ3) is 17.0. The molecule has 0 saturated carbocycles. The van der Waals surface area contributed by atoms with Crippen molar-refractivity contribution < 1.29 is 4.79 Å². The molecule has 0 saturated heterocycles. The zero-order valence-corrected chi connectivity index (χ0v) is 26.2. The summed E-state index contributed by atoms with van der Waals surface area (Å²) in [6.07, 6.45) is 3.50. The van der Waals surface area contributed by atoms with Gasteiger partial charge in [-0.1, -0.05) is 61.5 Å². The molecule has 0 unspecified atom stereocenters. The van der Waals surface area contributed by atoms with E-state index in [2.05, 4.69) is 29.9 Å². The zero-order valence-electron chi connectivity index (χ0n) is 26.2. The number of pyridine rings is 1. The van der Waals surface area contributed by atoms with Gasteiger partial charge >= 0.3 is 0 Å². The van der Waals surface area contributed by atoms with E-state index in [-0.39, 0.29) is 5.78 Å². The number of ketones is 1. The lowest BCUT2D eigenvalue weighted by Gasteiger charge is -2.03. The van der Waals surface area contributed by atoms with Crippen LogP contribution in [0, 0.1) is 34.6 Å². The topological polar surface area (TPSA) is 94.4 Å². The minimum atomic E-state index is 0.0527. The van der Waals surface area contributed by atoms with Crippen LogP contribution in [0.4, 0.5) is 0 Å². The summed E-state index contributed by atoms with van der Waals surface area (Å²) in [5, 5.41) is 0. The summed E-state index contributed by atoms with van der Waals surface area (Å²) >= 11 is 0. The van der Waals surface area contributed by atoms with Crippen LogP contribution in [-0.4, -0.2) is 35.7 Å². The normalized spacial score (nSPS) is 8.37. The molecule has 3 aromatic heterocycles. The largest absolute Gasteiger partial charge is 0.295 e. The first-order valence-electron chi connectivity index (χ1n) is 13.5. The summed E-state index contributed by atoms with van der Waals surface area (Å²) < 4.78 is 0. The van der Waals surface area contributed by atoms with Gasteiger partial charge in [0.15, 0.2) is 5.78 Å². The lowest BCUT2D eigenvalue weighted by Crippen LogP contribution is -1.97. The first-order valence-corrected chi connectivity index (χ1v) is 13.5. The number of carbonyl (C=O) groups excluding carboxylic acids is 1. The molecule has 0 fully saturated rings. The van der Waals surface area contributed by atoms with Crippen molar-refractivity contribution in [3.63, 3.8) is 0 Å². The number of nitrogens with zero attached hydrogens (tertiary/aromatic N) is 6. The highest BCUT2D eigenvalue weighted by Gasteiger charge is 2.04. The number of carbonyl (C=O) groups is 1. The fraction of sp³-hybridized carbons (Fsp3) is 0.452. The molecule has 0 aliphatic carbocycles. The highest BCUT2D eigenvalue weighted by Crippen LogP contribution is 2.14. The van der Waals surface area contributed by atoms with Gasteiger partial charge in [0.05, 0.1) is 22.4 Å². The Balaban J connectivity index is -0.000000457. The highest BCUT2D eigenvalue weighted by molar-refractivity contribution is 5.97. The fourth-order valence-electron chi connectivity index (χ4n) is 2.54. The standard InChI is InChI=1S/C12H12N2O.C6H9N3.C5H5N.4C2H6/c1-7-8(2)14-12-6-10(9(3)15)4-5-11(12)13-7;1-4-7-5(2)9-6(3)8-4;1-2-4-6-5-3-1;4*1-2/h4-6H,1-3H3;1-3H3;1-5H;4*1-2H3. The van der Waals surface area contributed by atoms with Gasteiger partial charge in [0, 0.05) is 18.0 Å². The number of hydrogen-bond acceptors (Lipinski definition) is 7. The summed E-state index contributed by atoms with van der Waals surface area (Å²) in [6, 6.07) is 11.1. The quantitative estimate of drug-likeness (QED) is 0.231. The van der Waals surface area contributed by atoms with Gasteiger partial charge < -0.3 is 0 Å². The molecule has 7 nitrogen and oxygen atoms in total. The molecule has 1 aromatic carbocycles. The number of Topliss-reactive ketones (excluding diaryl/α,β-unsaturated/α-hetero) is 1. The maximum absolute atomic E-state index is 11.2. The van der Waals surface area contributed by atoms with Gasteiger partial charge in [-0.05, 0) is 71.9 Å². The van der Waals surface area contributed by atoms with Crippen molar-refractivity contribution in [2.24, 2.45) is 0 Å². The van der Waals surface area contributed by atoms with Gasteiger partial charge in [-0.15, -0.1) is 0 Å². The third-order valence-electron chi connectivity index (χ3n) is 4.02. The predicted octanol–water partition coefficient (Wildman–Crippen LogP) is 8.43. The van der Waals surface area contributed by atoms with Crippen molar-refractivity contribution in [3.8, 4) is 0 Å². The number of rotatable bonds is 1. The summed E-state index contributed by atoms with van der Waals surface area (Å²) in [5.41, 5.74) is 4.13. The number of aryl methyl sites for hydroxylation is 5. The molecular weight excluding hydrogens is 472 g/mol. The Bertz CT molecular complexity index is 1050. The van der Waals surface area contributed by atoms with Gasteiger partial charge in [0.2, 0.25) is 0 Å². The van der Waals surface area contributed by atoms with E-state index in [9.17, 15) is 4.79 Å². The highest BCUT2D eigenvalue weighted by atomic mass is 16.1. The van der Waals surface area contributed by atoms with Crippen LogP contribution in [0.2, 0.25) is 0 Å². The number of hydrogen-bond donors (Lipinski definition) is 0. The first-order chi connectivity index (χ1) is 18.3. The smallest absolute Gasteiger partial charge is 0.159 e. The van der Waals surface area contributed by atoms with Crippen LogP contribution in [0.1, 0.15) is 102 Å². The molecule has 0 radical (unpaired) electrons. The SMILES string of the molecule is CC.CC.CC.CC.CC(=O)c1ccc2nc(C)c(C)nc2c1.Cc1nc(C)nc(C)n1.c1ccncc1. The Morgan fingerprint density at radius 3 is 1.26 bits per heavy atom. The number of fused-ring (bicyclic) bond motifs is 1. The molecule has 4 rings (SSSR count). The summed E-state index contributed by atoms with van der Waals surface area (Å²) in [7, 11) is 0. The molecule has 0 amide bonds. The average molecular weight is 523 g/mol. The average Bonchev–Trinajstić information content (AvgIpc) is 2.94. The van der Waals surface area contributed by atoms with Gasteiger partial charge in [-0.25, -0.2) is 24.9 Å². The Labute approximate surface area is 231 Å². The van der Waals surface area contributed by atoms with E-state index in [1.807, 2.05) is 114 Å². The van der Waals surface area contributed by atoms with E-state index in [1.165, 1.54) is 0 Å². The number of benzene rings is 1. The van der Waals surface area contributed by atoms with Crippen molar-refractivity contribution in [1.82, 2.24) is 29.9 Å². The third-order valence-corrected chi connectivity index (χ3v) is 4.02. The molecule has 0 spiro atoms. The molecule has 0 aliphatic heterocycles. The lowest BCUT2D eigenvalue weighted by atomic mass is 10.1. The predicted molar refractivity (Wildman–Crippen MR) is 163 cm³/mol. The summed E-state index contributed by atoms with van der Waals surface area (Å²) in [4.78, 5) is 35.8. The van der Waals surface area contributed by atoms with Crippen LogP contribution in [0.15, 0.2) is 48.8 Å². The molecule has 0 N–H and O–H groups in total. The van der Waals surface area contributed by atoms with Gasteiger partial charge in [-0.3, -0.25) is 9.78 Å². The van der Waals surface area contributed by atoms with Gasteiger partial charge in [0.25, 0.3) is 0 Å². The minimum Gasteiger partial charge on any atom is -0.295 e. The fourth-order valence-corrected chi connectivity index (χ4v) is 2.54. The second-order valence-corrected chi connectivity index (χ2v) is 6.66. The van der Waals surface area contributed by atoms with E-state index >= 15 is 0 Å². The Morgan fingerprint density at radius 1 is 0.553 bits per heavy atom. The Kier molecular flexibility index (Phi) is 25.7. The van der Waals surface area contributed by atoms with Crippen LogP contribution in [0.3, 0.4) is 0 Å². The van der Waals surface area contributed by atoms with E-state index in [0.717, 1.165) is 39.9 Å². The van der Waals surface area contributed by atoms with Crippen LogP contribution in [-0.2, 0) is 0 Å². The Morgan fingerprint density at radius 2 is 0.947 bits per heavy atom. The second-order valence-electron chi connectivity index (χ2n) is 6.66. The van der Waals surface area contributed by atoms with Crippen LogP contribution in [0.25, 0.3) is 11.0 Å². The van der Waals surface area contributed by atoms with Crippen LogP contribution >= 0.6 is 0 Å². The molecule has 0 atom stereocenters. The number of aromatic nitrogens is 6. The van der Waals surface area contributed by atoms with Gasteiger partial charge in [0.1, 0.15) is 17.5 Å².